The first-order chi connectivity index (χ1) is 11.7. The fraction of sp³-hybridized carbons (Fsp3) is 0.278. The summed E-state index contributed by atoms with van der Waals surface area (Å²) < 4.78 is 0. The Morgan fingerprint density at radius 1 is 1.38 bits per heavy atom. The molecule has 0 radical (unpaired) electrons. The molecule has 6 heteroatoms. The smallest absolute Gasteiger partial charge is 0.161 e. The maximum Gasteiger partial charge on any atom is 0.161 e. The lowest BCUT2D eigenvalue weighted by atomic mass is 10.0. The molecular weight excluding hydrogens is 300 g/mol. The molecule has 0 aliphatic rings. The normalized spacial score (nSPS) is 12.5. The quantitative estimate of drug-likeness (QED) is 0.559. The SMILES string of the molecule is CCC(N)CNc1ccnc(-c2cccc(/C(C=N)=C/NC)c2)n1. The number of benzene rings is 1. The zero-order valence-corrected chi connectivity index (χ0v) is 14.1. The molecule has 0 spiro atoms. The average Bonchev–Trinajstić information content (AvgIpc) is 2.64. The Kier molecular flexibility index (Phi) is 6.45. The van der Waals surface area contributed by atoms with Crippen molar-refractivity contribution in [3.63, 3.8) is 0 Å². The Hall–Kier alpha value is -2.73. The Morgan fingerprint density at radius 2 is 2.21 bits per heavy atom. The molecule has 1 unspecified atom stereocenters. The Bertz CT molecular complexity index is 710. The van der Waals surface area contributed by atoms with Gasteiger partial charge in [0.25, 0.3) is 0 Å². The molecule has 0 aliphatic carbocycles. The highest BCUT2D eigenvalue weighted by atomic mass is 15.0. The predicted octanol–water partition coefficient (Wildman–Crippen LogP) is 2.50. The lowest BCUT2D eigenvalue weighted by Crippen LogP contribution is -2.28. The van der Waals surface area contributed by atoms with Crippen molar-refractivity contribution in [1.82, 2.24) is 15.3 Å². The van der Waals surface area contributed by atoms with Crippen LogP contribution in [0.1, 0.15) is 18.9 Å². The average molecular weight is 324 g/mol. The summed E-state index contributed by atoms with van der Waals surface area (Å²) in [5.74, 6) is 1.40. The van der Waals surface area contributed by atoms with Gasteiger partial charge in [-0.05, 0) is 24.1 Å². The van der Waals surface area contributed by atoms with Gasteiger partial charge in [-0.1, -0.05) is 25.1 Å². The number of aromatic nitrogens is 2. The molecule has 0 amide bonds. The molecule has 1 heterocycles. The van der Waals surface area contributed by atoms with E-state index in [1.54, 1.807) is 12.4 Å². The van der Waals surface area contributed by atoms with E-state index < -0.39 is 0 Å². The zero-order chi connectivity index (χ0) is 17.4. The minimum Gasteiger partial charge on any atom is -0.393 e. The van der Waals surface area contributed by atoms with Gasteiger partial charge in [0.15, 0.2) is 5.82 Å². The van der Waals surface area contributed by atoms with Crippen molar-refractivity contribution < 1.29 is 0 Å². The molecule has 2 rings (SSSR count). The van der Waals surface area contributed by atoms with Gasteiger partial charge in [0, 0.05) is 49.4 Å². The van der Waals surface area contributed by atoms with Gasteiger partial charge in [-0.2, -0.15) is 0 Å². The fourth-order valence-corrected chi connectivity index (χ4v) is 2.18. The topological polar surface area (TPSA) is 99.7 Å². The molecule has 0 fully saturated rings. The van der Waals surface area contributed by atoms with Gasteiger partial charge >= 0.3 is 0 Å². The second kappa shape index (κ2) is 8.79. The van der Waals surface area contributed by atoms with Crippen LogP contribution in [-0.4, -0.2) is 35.8 Å². The second-order valence-electron chi connectivity index (χ2n) is 5.43. The highest BCUT2D eigenvalue weighted by Gasteiger charge is 2.06. The van der Waals surface area contributed by atoms with E-state index in [0.29, 0.717) is 12.4 Å². The third-order valence-electron chi connectivity index (χ3n) is 3.63. The van der Waals surface area contributed by atoms with E-state index in [9.17, 15) is 0 Å². The van der Waals surface area contributed by atoms with Crippen LogP contribution in [0.3, 0.4) is 0 Å². The molecule has 6 nitrogen and oxygen atoms in total. The van der Waals surface area contributed by atoms with Crippen molar-refractivity contribution in [2.75, 3.05) is 18.9 Å². The van der Waals surface area contributed by atoms with Crippen molar-refractivity contribution in [2.45, 2.75) is 19.4 Å². The van der Waals surface area contributed by atoms with Crippen LogP contribution < -0.4 is 16.4 Å². The second-order valence-corrected chi connectivity index (χ2v) is 5.43. The summed E-state index contributed by atoms with van der Waals surface area (Å²) in [6.45, 7) is 2.73. The maximum atomic E-state index is 7.54. The summed E-state index contributed by atoms with van der Waals surface area (Å²) in [6.07, 6.45) is 5.75. The molecule has 126 valence electrons. The van der Waals surface area contributed by atoms with Crippen molar-refractivity contribution in [3.05, 3.63) is 48.3 Å². The minimum absolute atomic E-state index is 0.105. The van der Waals surface area contributed by atoms with Crippen molar-refractivity contribution in [1.29, 1.82) is 5.41 Å². The lowest BCUT2D eigenvalue weighted by molar-refractivity contribution is 0.678. The van der Waals surface area contributed by atoms with Gasteiger partial charge in [0.05, 0.1) is 0 Å². The highest BCUT2D eigenvalue weighted by molar-refractivity contribution is 6.08. The molecule has 2 aromatic rings. The van der Waals surface area contributed by atoms with Crippen LogP contribution >= 0.6 is 0 Å². The van der Waals surface area contributed by atoms with Crippen LogP contribution in [0.15, 0.2) is 42.7 Å². The van der Waals surface area contributed by atoms with Gasteiger partial charge in [0.1, 0.15) is 5.82 Å². The fourth-order valence-electron chi connectivity index (χ4n) is 2.18. The van der Waals surface area contributed by atoms with Gasteiger partial charge in [0.2, 0.25) is 0 Å². The van der Waals surface area contributed by atoms with Gasteiger partial charge in [-0.25, -0.2) is 9.97 Å². The van der Waals surface area contributed by atoms with E-state index >= 15 is 0 Å². The van der Waals surface area contributed by atoms with Crippen LogP contribution in [-0.2, 0) is 0 Å². The van der Waals surface area contributed by atoms with Gasteiger partial charge < -0.3 is 21.8 Å². The molecule has 0 bridgehead atoms. The first-order valence-electron chi connectivity index (χ1n) is 7.99. The van der Waals surface area contributed by atoms with Crippen LogP contribution in [0, 0.1) is 5.41 Å². The number of anilines is 1. The Labute approximate surface area is 142 Å². The summed E-state index contributed by atoms with van der Waals surface area (Å²) in [5.41, 5.74) is 8.56. The van der Waals surface area contributed by atoms with Gasteiger partial charge in [-0.3, -0.25) is 0 Å². The van der Waals surface area contributed by atoms with E-state index in [0.717, 1.165) is 28.9 Å². The molecule has 5 N–H and O–H groups in total. The largest absolute Gasteiger partial charge is 0.393 e. The highest BCUT2D eigenvalue weighted by Crippen LogP contribution is 2.21. The van der Waals surface area contributed by atoms with E-state index in [1.165, 1.54) is 6.21 Å². The summed E-state index contributed by atoms with van der Waals surface area (Å²) in [7, 11) is 1.81. The molecule has 24 heavy (non-hydrogen) atoms. The third-order valence-corrected chi connectivity index (χ3v) is 3.63. The number of rotatable bonds is 8. The van der Waals surface area contributed by atoms with Crippen molar-refractivity contribution >= 4 is 17.6 Å². The standard InChI is InChI=1S/C18H24N6/c1-3-16(20)12-23-17-7-8-22-18(24-17)14-6-4-5-13(9-14)15(10-19)11-21-2/h4-11,16,19,21H,3,12,20H2,1-2H3,(H,22,23,24)/b15-11+,19-10?. The van der Waals surface area contributed by atoms with E-state index in [2.05, 4.69) is 27.5 Å². The van der Waals surface area contributed by atoms with Crippen LogP contribution in [0.25, 0.3) is 17.0 Å². The molecule has 1 aromatic carbocycles. The number of nitrogens with two attached hydrogens (primary N) is 1. The number of nitrogens with zero attached hydrogens (tertiary/aromatic N) is 2. The van der Waals surface area contributed by atoms with Crippen molar-refractivity contribution in [3.8, 4) is 11.4 Å². The summed E-state index contributed by atoms with van der Waals surface area (Å²) in [6, 6.07) is 9.77. The molecule has 0 saturated carbocycles. The van der Waals surface area contributed by atoms with E-state index in [-0.39, 0.29) is 6.04 Å². The monoisotopic (exact) mass is 324 g/mol. The maximum absolute atomic E-state index is 7.54. The van der Waals surface area contributed by atoms with E-state index in [4.69, 9.17) is 11.1 Å². The number of nitrogens with one attached hydrogen (secondary N) is 3. The summed E-state index contributed by atoms with van der Waals surface area (Å²) >= 11 is 0. The number of hydrogen-bond acceptors (Lipinski definition) is 6. The number of hydrogen-bond donors (Lipinski definition) is 4. The third kappa shape index (κ3) is 4.63. The Balaban J connectivity index is 2.25. The van der Waals surface area contributed by atoms with Gasteiger partial charge in [-0.15, -0.1) is 0 Å². The minimum atomic E-state index is 0.105. The number of allylic oxidation sites excluding steroid dienone is 1. The molecule has 1 atom stereocenters. The predicted molar refractivity (Wildman–Crippen MR) is 100 cm³/mol. The first kappa shape index (κ1) is 17.6. The van der Waals surface area contributed by atoms with E-state index in [1.807, 2.05) is 37.4 Å². The summed E-state index contributed by atoms with van der Waals surface area (Å²) in [5, 5.41) is 13.7. The van der Waals surface area contributed by atoms with Crippen LogP contribution in [0.4, 0.5) is 5.82 Å². The molecular formula is C18H24N6. The summed E-state index contributed by atoms with van der Waals surface area (Å²) in [4.78, 5) is 8.91. The Morgan fingerprint density at radius 3 is 2.92 bits per heavy atom. The van der Waals surface area contributed by atoms with Crippen LogP contribution in [0.5, 0.6) is 0 Å². The molecule has 0 saturated heterocycles. The lowest BCUT2D eigenvalue weighted by Gasteiger charge is -2.11. The molecule has 1 aromatic heterocycles. The first-order valence-corrected chi connectivity index (χ1v) is 7.99. The molecule has 0 aliphatic heterocycles. The van der Waals surface area contributed by atoms with Crippen LogP contribution in [0.2, 0.25) is 0 Å². The van der Waals surface area contributed by atoms with Crippen molar-refractivity contribution in [2.24, 2.45) is 5.73 Å². The zero-order valence-electron chi connectivity index (χ0n) is 14.1.